The number of hydrogen-bond donors (Lipinski definition) is 1. The van der Waals surface area contributed by atoms with Crippen LogP contribution in [-0.2, 0) is 13.0 Å². The van der Waals surface area contributed by atoms with Gasteiger partial charge in [0.1, 0.15) is 0 Å². The minimum Gasteiger partial charge on any atom is -0.313 e. The fourth-order valence-corrected chi connectivity index (χ4v) is 2.14. The Balaban J connectivity index is 2.30. The standard InChI is InChI=1S/C17H21N/c1-3-14-9-11-15(12-10-14)17-8-6-5-7-16(17)13-18-4-2/h5-12,18H,3-4,13H2,1-2H3. The summed E-state index contributed by atoms with van der Waals surface area (Å²) in [5.41, 5.74) is 5.40. The van der Waals surface area contributed by atoms with Gasteiger partial charge in [-0.05, 0) is 35.2 Å². The predicted octanol–water partition coefficient (Wildman–Crippen LogP) is 4.03. The van der Waals surface area contributed by atoms with Gasteiger partial charge in [0.05, 0.1) is 0 Å². The van der Waals surface area contributed by atoms with Crippen LogP contribution in [0, 0.1) is 0 Å². The van der Waals surface area contributed by atoms with Crippen LogP contribution in [-0.4, -0.2) is 6.54 Å². The highest BCUT2D eigenvalue weighted by molar-refractivity contribution is 5.67. The maximum atomic E-state index is 3.40. The van der Waals surface area contributed by atoms with Gasteiger partial charge in [-0.15, -0.1) is 0 Å². The highest BCUT2D eigenvalue weighted by Gasteiger charge is 2.03. The summed E-state index contributed by atoms with van der Waals surface area (Å²) in [7, 11) is 0. The van der Waals surface area contributed by atoms with E-state index in [1.54, 1.807) is 0 Å². The van der Waals surface area contributed by atoms with Crippen LogP contribution in [0.3, 0.4) is 0 Å². The van der Waals surface area contributed by atoms with Crippen LogP contribution in [0.25, 0.3) is 11.1 Å². The summed E-state index contributed by atoms with van der Waals surface area (Å²) in [6.45, 7) is 6.26. The molecule has 0 aliphatic carbocycles. The average molecular weight is 239 g/mol. The maximum absolute atomic E-state index is 3.40. The molecule has 0 unspecified atom stereocenters. The van der Waals surface area contributed by atoms with Crippen molar-refractivity contribution in [3.63, 3.8) is 0 Å². The molecule has 0 saturated heterocycles. The first kappa shape index (κ1) is 12.8. The monoisotopic (exact) mass is 239 g/mol. The van der Waals surface area contributed by atoms with Crippen LogP contribution < -0.4 is 5.32 Å². The molecule has 0 bridgehead atoms. The van der Waals surface area contributed by atoms with E-state index < -0.39 is 0 Å². The first-order valence-electron chi connectivity index (χ1n) is 6.73. The Morgan fingerprint density at radius 2 is 1.61 bits per heavy atom. The molecule has 2 rings (SSSR count). The first-order chi connectivity index (χ1) is 8.85. The van der Waals surface area contributed by atoms with Crippen LogP contribution in [0.1, 0.15) is 25.0 Å². The van der Waals surface area contributed by atoms with Crippen molar-refractivity contribution in [2.24, 2.45) is 0 Å². The Bertz CT molecular complexity index is 485. The van der Waals surface area contributed by atoms with E-state index in [4.69, 9.17) is 0 Å². The maximum Gasteiger partial charge on any atom is 0.0211 e. The zero-order chi connectivity index (χ0) is 12.8. The molecule has 0 spiro atoms. The first-order valence-corrected chi connectivity index (χ1v) is 6.73. The summed E-state index contributed by atoms with van der Waals surface area (Å²) >= 11 is 0. The highest BCUT2D eigenvalue weighted by atomic mass is 14.8. The van der Waals surface area contributed by atoms with Crippen molar-refractivity contribution in [1.82, 2.24) is 5.32 Å². The second-order valence-electron chi connectivity index (χ2n) is 4.49. The molecule has 0 amide bonds. The van der Waals surface area contributed by atoms with E-state index in [0.717, 1.165) is 19.5 Å². The quantitative estimate of drug-likeness (QED) is 0.830. The van der Waals surface area contributed by atoms with E-state index >= 15 is 0 Å². The number of rotatable bonds is 5. The van der Waals surface area contributed by atoms with Gasteiger partial charge in [-0.1, -0.05) is 62.4 Å². The van der Waals surface area contributed by atoms with Crippen LogP contribution >= 0.6 is 0 Å². The second kappa shape index (κ2) is 6.36. The molecule has 0 heterocycles. The zero-order valence-electron chi connectivity index (χ0n) is 11.2. The summed E-state index contributed by atoms with van der Waals surface area (Å²) in [4.78, 5) is 0. The molecule has 0 saturated carbocycles. The van der Waals surface area contributed by atoms with Gasteiger partial charge in [-0.3, -0.25) is 0 Å². The summed E-state index contributed by atoms with van der Waals surface area (Å²) in [5, 5.41) is 3.40. The minimum atomic E-state index is 0.933. The molecular weight excluding hydrogens is 218 g/mol. The van der Waals surface area contributed by atoms with Crippen molar-refractivity contribution in [3.05, 3.63) is 59.7 Å². The van der Waals surface area contributed by atoms with Crippen LogP contribution in [0.5, 0.6) is 0 Å². The van der Waals surface area contributed by atoms with Crippen molar-refractivity contribution >= 4 is 0 Å². The van der Waals surface area contributed by atoms with E-state index in [-0.39, 0.29) is 0 Å². The molecular formula is C17H21N. The largest absolute Gasteiger partial charge is 0.313 e. The molecule has 0 aromatic heterocycles. The van der Waals surface area contributed by atoms with Gasteiger partial charge in [0.2, 0.25) is 0 Å². The molecule has 0 aliphatic rings. The van der Waals surface area contributed by atoms with Crippen molar-refractivity contribution < 1.29 is 0 Å². The Morgan fingerprint density at radius 1 is 0.889 bits per heavy atom. The zero-order valence-corrected chi connectivity index (χ0v) is 11.2. The van der Waals surface area contributed by atoms with Crippen molar-refractivity contribution in [2.75, 3.05) is 6.54 Å². The van der Waals surface area contributed by atoms with Crippen molar-refractivity contribution in [2.45, 2.75) is 26.8 Å². The Hall–Kier alpha value is -1.60. The highest BCUT2D eigenvalue weighted by Crippen LogP contribution is 2.24. The molecule has 18 heavy (non-hydrogen) atoms. The van der Waals surface area contributed by atoms with E-state index in [9.17, 15) is 0 Å². The average Bonchev–Trinajstić information content (AvgIpc) is 2.45. The van der Waals surface area contributed by atoms with E-state index in [2.05, 4.69) is 67.7 Å². The van der Waals surface area contributed by atoms with Crippen LogP contribution in [0.2, 0.25) is 0 Å². The number of nitrogens with one attached hydrogen (secondary N) is 1. The van der Waals surface area contributed by atoms with Gasteiger partial charge >= 0.3 is 0 Å². The Labute approximate surface area is 110 Å². The predicted molar refractivity (Wildman–Crippen MR) is 78.6 cm³/mol. The molecule has 1 nitrogen and oxygen atoms in total. The van der Waals surface area contributed by atoms with E-state index in [1.165, 1.54) is 22.3 Å². The lowest BCUT2D eigenvalue weighted by Gasteiger charge is -2.10. The van der Waals surface area contributed by atoms with Crippen molar-refractivity contribution in [1.29, 1.82) is 0 Å². The fraction of sp³-hybridized carbons (Fsp3) is 0.294. The normalized spacial score (nSPS) is 10.6. The SMILES string of the molecule is CCNCc1ccccc1-c1ccc(CC)cc1. The summed E-state index contributed by atoms with van der Waals surface area (Å²) < 4.78 is 0. The molecule has 0 radical (unpaired) electrons. The van der Waals surface area contributed by atoms with Crippen LogP contribution in [0.4, 0.5) is 0 Å². The summed E-state index contributed by atoms with van der Waals surface area (Å²) in [5.74, 6) is 0. The lowest BCUT2D eigenvalue weighted by Crippen LogP contribution is -2.12. The Kier molecular flexibility index (Phi) is 4.54. The molecule has 94 valence electrons. The fourth-order valence-electron chi connectivity index (χ4n) is 2.14. The molecule has 0 atom stereocenters. The molecule has 1 N–H and O–H groups in total. The van der Waals surface area contributed by atoms with Gasteiger partial charge in [-0.2, -0.15) is 0 Å². The summed E-state index contributed by atoms with van der Waals surface area (Å²) in [6, 6.07) is 17.5. The third-order valence-electron chi connectivity index (χ3n) is 3.26. The molecule has 0 aliphatic heterocycles. The van der Waals surface area contributed by atoms with Crippen LogP contribution in [0.15, 0.2) is 48.5 Å². The minimum absolute atomic E-state index is 0.933. The third-order valence-corrected chi connectivity index (χ3v) is 3.26. The molecule has 0 fully saturated rings. The van der Waals surface area contributed by atoms with Gasteiger partial charge in [0.25, 0.3) is 0 Å². The van der Waals surface area contributed by atoms with Gasteiger partial charge in [0, 0.05) is 6.54 Å². The number of aryl methyl sites for hydroxylation is 1. The van der Waals surface area contributed by atoms with E-state index in [1.807, 2.05) is 0 Å². The third kappa shape index (κ3) is 2.99. The van der Waals surface area contributed by atoms with Gasteiger partial charge < -0.3 is 5.32 Å². The molecule has 1 heteroatoms. The van der Waals surface area contributed by atoms with Gasteiger partial charge in [0.15, 0.2) is 0 Å². The van der Waals surface area contributed by atoms with E-state index in [0.29, 0.717) is 0 Å². The van der Waals surface area contributed by atoms with Crippen molar-refractivity contribution in [3.8, 4) is 11.1 Å². The van der Waals surface area contributed by atoms with Gasteiger partial charge in [-0.25, -0.2) is 0 Å². The lowest BCUT2D eigenvalue weighted by molar-refractivity contribution is 0.728. The smallest absolute Gasteiger partial charge is 0.0211 e. The Morgan fingerprint density at radius 3 is 2.28 bits per heavy atom. The molecule has 2 aromatic carbocycles. The topological polar surface area (TPSA) is 12.0 Å². The number of hydrogen-bond acceptors (Lipinski definition) is 1. The number of benzene rings is 2. The summed E-state index contributed by atoms with van der Waals surface area (Å²) in [6.07, 6.45) is 1.10. The lowest BCUT2D eigenvalue weighted by atomic mass is 9.98. The second-order valence-corrected chi connectivity index (χ2v) is 4.49. The molecule has 2 aromatic rings.